The monoisotopic (exact) mass is 327 g/mol. The van der Waals surface area contributed by atoms with Crippen molar-refractivity contribution in [3.8, 4) is 29.2 Å². The van der Waals surface area contributed by atoms with Crippen LogP contribution in [0.25, 0.3) is 0 Å². The Morgan fingerprint density at radius 2 is 2.17 bits per heavy atom. The van der Waals surface area contributed by atoms with Gasteiger partial charge < -0.3 is 24.7 Å². The number of nitriles is 1. The van der Waals surface area contributed by atoms with Gasteiger partial charge in [0, 0.05) is 18.7 Å². The second-order valence-corrected chi connectivity index (χ2v) is 5.76. The van der Waals surface area contributed by atoms with Crippen molar-refractivity contribution in [1.82, 2.24) is 4.57 Å². The second kappa shape index (κ2) is 5.98. The average Bonchev–Trinajstić information content (AvgIpc) is 3.31. The van der Waals surface area contributed by atoms with Gasteiger partial charge in [0.2, 0.25) is 12.7 Å². The number of anilines is 1. The van der Waals surface area contributed by atoms with Crippen molar-refractivity contribution in [2.45, 2.75) is 25.5 Å². The summed E-state index contributed by atoms with van der Waals surface area (Å²) in [6.45, 7) is 1.50. The lowest BCUT2D eigenvalue weighted by Gasteiger charge is -2.16. The minimum Gasteiger partial charge on any atom is -0.454 e. The Hall–Kier alpha value is -2.85. The molecular formula is C17H17N3O4. The van der Waals surface area contributed by atoms with E-state index in [1.54, 1.807) is 28.8 Å². The van der Waals surface area contributed by atoms with Crippen molar-refractivity contribution in [2.75, 3.05) is 19.1 Å². The van der Waals surface area contributed by atoms with Gasteiger partial charge in [-0.25, -0.2) is 0 Å². The van der Waals surface area contributed by atoms with E-state index >= 15 is 0 Å². The Kier molecular flexibility index (Phi) is 3.67. The summed E-state index contributed by atoms with van der Waals surface area (Å²) >= 11 is 0. The predicted octanol–water partition coefficient (Wildman–Crippen LogP) is 2.64. The van der Waals surface area contributed by atoms with Gasteiger partial charge in [-0.2, -0.15) is 5.26 Å². The van der Waals surface area contributed by atoms with Crippen molar-refractivity contribution < 1.29 is 18.9 Å². The molecule has 24 heavy (non-hydrogen) atoms. The summed E-state index contributed by atoms with van der Waals surface area (Å²) in [4.78, 5) is 0. The van der Waals surface area contributed by atoms with Crippen LogP contribution in [0, 0.1) is 11.3 Å². The van der Waals surface area contributed by atoms with E-state index in [1.165, 1.54) is 0 Å². The summed E-state index contributed by atoms with van der Waals surface area (Å²) in [5, 5.41) is 9.36. The van der Waals surface area contributed by atoms with Gasteiger partial charge in [-0.15, -0.1) is 0 Å². The maximum absolute atomic E-state index is 9.36. The van der Waals surface area contributed by atoms with E-state index < -0.39 is 0 Å². The highest BCUT2D eigenvalue weighted by Gasteiger charge is 2.23. The molecule has 1 aromatic heterocycles. The standard InChI is InChI=1S/C17H17N3O4/c18-8-11-6-14(19)17(20(11)9-13-2-1-5-21-13)24-12-3-4-15-16(7-12)23-10-22-15/h3-4,6-7,13H,1-2,5,9-10,19H2. The molecule has 0 bridgehead atoms. The molecule has 7 nitrogen and oxygen atoms in total. The van der Waals surface area contributed by atoms with Gasteiger partial charge in [0.15, 0.2) is 11.5 Å². The fourth-order valence-corrected chi connectivity index (χ4v) is 2.98. The highest BCUT2D eigenvalue weighted by atomic mass is 16.7. The lowest BCUT2D eigenvalue weighted by Crippen LogP contribution is -2.16. The van der Waals surface area contributed by atoms with Crippen molar-refractivity contribution in [1.29, 1.82) is 5.26 Å². The molecule has 0 amide bonds. The van der Waals surface area contributed by atoms with Crippen LogP contribution in [0.2, 0.25) is 0 Å². The van der Waals surface area contributed by atoms with E-state index in [4.69, 9.17) is 24.7 Å². The Balaban J connectivity index is 1.64. The van der Waals surface area contributed by atoms with Gasteiger partial charge in [0.05, 0.1) is 18.3 Å². The fraction of sp³-hybridized carbons (Fsp3) is 0.353. The molecule has 2 aliphatic heterocycles. The Morgan fingerprint density at radius 1 is 1.29 bits per heavy atom. The maximum Gasteiger partial charge on any atom is 0.231 e. The molecule has 1 aromatic carbocycles. The van der Waals surface area contributed by atoms with Crippen LogP contribution in [0.3, 0.4) is 0 Å². The van der Waals surface area contributed by atoms with Crippen molar-refractivity contribution in [3.05, 3.63) is 30.0 Å². The zero-order valence-electron chi connectivity index (χ0n) is 13.0. The van der Waals surface area contributed by atoms with Gasteiger partial charge in [0.25, 0.3) is 0 Å². The summed E-state index contributed by atoms with van der Waals surface area (Å²) in [5.41, 5.74) is 6.93. The van der Waals surface area contributed by atoms with Crippen LogP contribution in [0.4, 0.5) is 5.69 Å². The van der Waals surface area contributed by atoms with E-state index in [9.17, 15) is 5.26 Å². The van der Waals surface area contributed by atoms with Gasteiger partial charge in [0.1, 0.15) is 17.5 Å². The van der Waals surface area contributed by atoms with Gasteiger partial charge in [-0.1, -0.05) is 0 Å². The van der Waals surface area contributed by atoms with E-state index in [-0.39, 0.29) is 12.9 Å². The van der Waals surface area contributed by atoms with Gasteiger partial charge >= 0.3 is 0 Å². The predicted molar refractivity (Wildman–Crippen MR) is 85.2 cm³/mol. The molecule has 1 atom stereocenters. The molecule has 124 valence electrons. The van der Waals surface area contributed by atoms with Crippen LogP contribution < -0.4 is 19.9 Å². The summed E-state index contributed by atoms with van der Waals surface area (Å²) in [6.07, 6.45) is 2.07. The third kappa shape index (κ3) is 2.61. The number of benzene rings is 1. The van der Waals surface area contributed by atoms with Gasteiger partial charge in [-0.05, 0) is 25.0 Å². The van der Waals surface area contributed by atoms with Crippen molar-refractivity contribution in [3.63, 3.8) is 0 Å². The topological polar surface area (TPSA) is 91.7 Å². The normalized spacial score (nSPS) is 18.5. The molecule has 0 aliphatic carbocycles. The zero-order chi connectivity index (χ0) is 16.5. The van der Waals surface area contributed by atoms with Crippen LogP contribution in [0.15, 0.2) is 24.3 Å². The molecule has 0 radical (unpaired) electrons. The molecule has 3 heterocycles. The third-order valence-electron chi connectivity index (χ3n) is 4.16. The minimum atomic E-state index is 0.0722. The molecule has 7 heteroatoms. The smallest absolute Gasteiger partial charge is 0.231 e. The lowest BCUT2D eigenvalue weighted by atomic mass is 10.2. The Morgan fingerprint density at radius 3 is 2.96 bits per heavy atom. The van der Waals surface area contributed by atoms with Crippen LogP contribution in [-0.2, 0) is 11.3 Å². The van der Waals surface area contributed by atoms with E-state index in [0.29, 0.717) is 41.1 Å². The van der Waals surface area contributed by atoms with E-state index in [1.807, 2.05) is 0 Å². The lowest BCUT2D eigenvalue weighted by molar-refractivity contribution is 0.0952. The molecule has 2 N–H and O–H groups in total. The molecule has 2 aromatic rings. The quantitative estimate of drug-likeness (QED) is 0.928. The maximum atomic E-state index is 9.36. The SMILES string of the molecule is N#Cc1cc(N)c(Oc2ccc3c(c2)OCO3)n1CC1CCCO1. The molecule has 4 rings (SSSR count). The first kappa shape index (κ1) is 14.7. The molecular weight excluding hydrogens is 310 g/mol. The third-order valence-corrected chi connectivity index (χ3v) is 4.16. The van der Waals surface area contributed by atoms with Crippen molar-refractivity contribution >= 4 is 5.69 Å². The molecule has 1 unspecified atom stereocenters. The van der Waals surface area contributed by atoms with Crippen LogP contribution in [0.1, 0.15) is 18.5 Å². The van der Waals surface area contributed by atoms with E-state index in [2.05, 4.69) is 6.07 Å². The Bertz CT molecular complexity index is 803. The molecule has 1 fully saturated rings. The number of nitrogens with zero attached hydrogens (tertiary/aromatic N) is 2. The Labute approximate surface area is 139 Å². The van der Waals surface area contributed by atoms with E-state index in [0.717, 1.165) is 19.4 Å². The highest BCUT2D eigenvalue weighted by molar-refractivity contribution is 5.57. The highest BCUT2D eigenvalue weighted by Crippen LogP contribution is 2.38. The van der Waals surface area contributed by atoms with Gasteiger partial charge in [-0.3, -0.25) is 4.57 Å². The molecule has 2 aliphatic rings. The largest absolute Gasteiger partial charge is 0.454 e. The van der Waals surface area contributed by atoms with Crippen LogP contribution >= 0.6 is 0 Å². The number of nitrogens with two attached hydrogens (primary N) is 1. The molecule has 1 saturated heterocycles. The summed E-state index contributed by atoms with van der Waals surface area (Å²) in [6, 6.07) is 9.09. The number of hydrogen-bond donors (Lipinski definition) is 1. The fourth-order valence-electron chi connectivity index (χ4n) is 2.98. The molecule has 0 saturated carbocycles. The first-order valence-electron chi connectivity index (χ1n) is 7.83. The second-order valence-electron chi connectivity index (χ2n) is 5.76. The number of hydrogen-bond acceptors (Lipinski definition) is 6. The molecule has 0 spiro atoms. The number of aromatic nitrogens is 1. The minimum absolute atomic E-state index is 0.0722. The van der Waals surface area contributed by atoms with Crippen LogP contribution in [0.5, 0.6) is 23.1 Å². The number of rotatable bonds is 4. The zero-order valence-corrected chi connectivity index (χ0v) is 13.0. The number of fused-ring (bicyclic) bond motifs is 1. The van der Waals surface area contributed by atoms with Crippen molar-refractivity contribution in [2.24, 2.45) is 0 Å². The summed E-state index contributed by atoms with van der Waals surface area (Å²) < 4.78 is 24.0. The summed E-state index contributed by atoms with van der Waals surface area (Å²) in [5.74, 6) is 2.33. The first-order chi connectivity index (χ1) is 11.7. The summed E-state index contributed by atoms with van der Waals surface area (Å²) in [7, 11) is 0. The number of ether oxygens (including phenoxy) is 4. The van der Waals surface area contributed by atoms with Crippen LogP contribution in [-0.4, -0.2) is 24.1 Å². The number of nitrogen functional groups attached to an aromatic ring is 1. The first-order valence-corrected chi connectivity index (χ1v) is 7.83. The average molecular weight is 327 g/mol.